The van der Waals surface area contributed by atoms with Gasteiger partial charge in [0.15, 0.2) is 17.3 Å². The molecule has 4 nitrogen and oxygen atoms in total. The van der Waals surface area contributed by atoms with Crippen molar-refractivity contribution in [2.24, 2.45) is 0 Å². The summed E-state index contributed by atoms with van der Waals surface area (Å²) < 4.78 is 5.45. The number of rotatable bonds is 12. The van der Waals surface area contributed by atoms with E-state index in [1.807, 2.05) is 18.2 Å². The van der Waals surface area contributed by atoms with Gasteiger partial charge in [0.2, 0.25) is 0 Å². The molecule has 4 heteroatoms. The van der Waals surface area contributed by atoms with E-state index < -0.39 is 0 Å². The van der Waals surface area contributed by atoms with Crippen molar-refractivity contribution in [2.45, 2.75) is 58.3 Å². The van der Waals surface area contributed by atoms with Gasteiger partial charge in [-0.25, -0.2) is 0 Å². The number of ether oxygens (including phenoxy) is 1. The van der Waals surface area contributed by atoms with Gasteiger partial charge < -0.3 is 9.84 Å². The second kappa shape index (κ2) is 11.9. The third kappa shape index (κ3) is 5.93. The van der Waals surface area contributed by atoms with Crippen molar-refractivity contribution in [1.29, 1.82) is 0 Å². The lowest BCUT2D eigenvalue weighted by Gasteiger charge is -2.14. The molecule has 0 saturated carbocycles. The molecule has 4 aromatic rings. The van der Waals surface area contributed by atoms with E-state index in [1.54, 1.807) is 18.2 Å². The van der Waals surface area contributed by atoms with Crippen LogP contribution in [0.1, 0.15) is 73.4 Å². The minimum atomic E-state index is -0.168. The number of fused-ring (bicyclic) bond motifs is 2. The fraction of sp³-hybridized carbons (Fsp3) is 0.312. The van der Waals surface area contributed by atoms with Crippen LogP contribution in [0.3, 0.4) is 0 Å². The van der Waals surface area contributed by atoms with E-state index in [2.05, 4.69) is 37.3 Å². The highest BCUT2D eigenvalue weighted by atomic mass is 16.5. The first-order valence-electron chi connectivity index (χ1n) is 12.8. The van der Waals surface area contributed by atoms with E-state index in [0.29, 0.717) is 24.2 Å². The summed E-state index contributed by atoms with van der Waals surface area (Å²) in [5.41, 5.74) is 2.33. The van der Waals surface area contributed by atoms with Gasteiger partial charge in [0.25, 0.3) is 0 Å². The van der Waals surface area contributed by atoms with Gasteiger partial charge in [0, 0.05) is 24.0 Å². The van der Waals surface area contributed by atoms with Crippen molar-refractivity contribution < 1.29 is 19.4 Å². The summed E-state index contributed by atoms with van der Waals surface area (Å²) in [6, 6.07) is 21.7. The number of methoxy groups -OCH3 is 1. The van der Waals surface area contributed by atoms with E-state index in [-0.39, 0.29) is 23.7 Å². The van der Waals surface area contributed by atoms with Crippen molar-refractivity contribution in [1.82, 2.24) is 0 Å². The van der Waals surface area contributed by atoms with Crippen LogP contribution in [0.15, 0.2) is 66.7 Å². The molecule has 4 rings (SSSR count). The largest absolute Gasteiger partial charge is 0.504 e. The monoisotopic (exact) mass is 482 g/mol. The molecule has 0 fully saturated rings. The molecule has 0 aliphatic carbocycles. The Balaban J connectivity index is 1.57. The number of phenolic OH excluding ortho intramolecular Hbond substituents is 1. The fourth-order valence-corrected chi connectivity index (χ4v) is 4.80. The quantitative estimate of drug-likeness (QED) is 0.127. The SMILES string of the molecule is CCCCCCCC(=O)CC(=O)c1ccc2c(Cc3ccc4ccccc4c3)c(O)c(OC)cc2c1. The molecule has 0 aromatic heterocycles. The van der Waals surface area contributed by atoms with Crippen LogP contribution >= 0.6 is 0 Å². The molecule has 4 aromatic carbocycles. The zero-order chi connectivity index (χ0) is 25.5. The van der Waals surface area contributed by atoms with Gasteiger partial charge in [0.1, 0.15) is 5.78 Å². The lowest BCUT2D eigenvalue weighted by atomic mass is 9.93. The summed E-state index contributed by atoms with van der Waals surface area (Å²) in [7, 11) is 1.52. The highest BCUT2D eigenvalue weighted by molar-refractivity contribution is 6.09. The third-order valence-corrected chi connectivity index (χ3v) is 6.84. The molecule has 0 radical (unpaired) electrons. The summed E-state index contributed by atoms with van der Waals surface area (Å²) in [5, 5.41) is 14.9. The van der Waals surface area contributed by atoms with E-state index in [9.17, 15) is 14.7 Å². The van der Waals surface area contributed by atoms with Gasteiger partial charge >= 0.3 is 0 Å². The number of unbranched alkanes of at least 4 members (excludes halogenated alkanes) is 4. The summed E-state index contributed by atoms with van der Waals surface area (Å²) in [6.07, 6.45) is 6.28. The number of phenols is 1. The number of carbonyl (C=O) groups excluding carboxylic acids is 2. The average Bonchev–Trinajstić information content (AvgIpc) is 2.89. The highest BCUT2D eigenvalue weighted by Gasteiger charge is 2.17. The average molecular weight is 483 g/mol. The van der Waals surface area contributed by atoms with Crippen LogP contribution in [-0.4, -0.2) is 23.8 Å². The molecule has 0 saturated heterocycles. The first-order valence-corrected chi connectivity index (χ1v) is 12.8. The van der Waals surface area contributed by atoms with Crippen molar-refractivity contribution in [3.63, 3.8) is 0 Å². The number of Topliss-reactive ketones (excluding diaryl/α,β-unsaturated/α-hetero) is 2. The number of ketones is 2. The molecule has 0 amide bonds. The second-order valence-corrected chi connectivity index (χ2v) is 9.50. The van der Waals surface area contributed by atoms with Crippen molar-refractivity contribution in [3.8, 4) is 11.5 Å². The van der Waals surface area contributed by atoms with Crippen LogP contribution in [0.25, 0.3) is 21.5 Å². The molecule has 0 aliphatic rings. The molecular weight excluding hydrogens is 448 g/mol. The van der Waals surface area contributed by atoms with Crippen LogP contribution in [0.2, 0.25) is 0 Å². The maximum atomic E-state index is 12.9. The topological polar surface area (TPSA) is 63.6 Å². The van der Waals surface area contributed by atoms with Crippen molar-refractivity contribution in [2.75, 3.05) is 7.11 Å². The first kappa shape index (κ1) is 25.4. The predicted octanol–water partition coefficient (Wildman–Crippen LogP) is 7.80. The number of aromatic hydroxyl groups is 1. The molecule has 0 spiro atoms. The summed E-state index contributed by atoms with van der Waals surface area (Å²) in [6.45, 7) is 2.16. The first-order chi connectivity index (χ1) is 17.5. The molecule has 36 heavy (non-hydrogen) atoms. The van der Waals surface area contributed by atoms with Crippen LogP contribution in [0, 0.1) is 0 Å². The fourth-order valence-electron chi connectivity index (χ4n) is 4.80. The zero-order valence-corrected chi connectivity index (χ0v) is 21.2. The van der Waals surface area contributed by atoms with E-state index in [4.69, 9.17) is 4.74 Å². The predicted molar refractivity (Wildman–Crippen MR) is 146 cm³/mol. The maximum absolute atomic E-state index is 12.9. The van der Waals surface area contributed by atoms with Gasteiger partial charge in [-0.15, -0.1) is 0 Å². The zero-order valence-electron chi connectivity index (χ0n) is 21.2. The molecule has 0 heterocycles. The minimum Gasteiger partial charge on any atom is -0.504 e. The molecule has 0 bridgehead atoms. The van der Waals surface area contributed by atoms with Crippen LogP contribution in [-0.2, 0) is 11.2 Å². The van der Waals surface area contributed by atoms with Gasteiger partial charge in [0.05, 0.1) is 13.5 Å². The number of carbonyl (C=O) groups is 2. The third-order valence-electron chi connectivity index (χ3n) is 6.84. The highest BCUT2D eigenvalue weighted by Crippen LogP contribution is 2.38. The summed E-state index contributed by atoms with van der Waals surface area (Å²) >= 11 is 0. The van der Waals surface area contributed by atoms with Crippen molar-refractivity contribution in [3.05, 3.63) is 83.4 Å². The van der Waals surface area contributed by atoms with E-state index >= 15 is 0 Å². The molecule has 0 atom stereocenters. The Hall–Kier alpha value is -3.66. The van der Waals surface area contributed by atoms with Gasteiger partial charge in [-0.3, -0.25) is 9.59 Å². The van der Waals surface area contributed by atoms with Crippen LogP contribution < -0.4 is 4.74 Å². The van der Waals surface area contributed by atoms with Gasteiger partial charge in [-0.2, -0.15) is 0 Å². The number of hydrogen-bond donors (Lipinski definition) is 1. The molecule has 186 valence electrons. The Morgan fingerprint density at radius 1 is 0.833 bits per heavy atom. The van der Waals surface area contributed by atoms with Crippen LogP contribution in [0.4, 0.5) is 0 Å². The minimum absolute atomic E-state index is 0.00289. The lowest BCUT2D eigenvalue weighted by Crippen LogP contribution is -2.08. The van der Waals surface area contributed by atoms with Crippen molar-refractivity contribution >= 4 is 33.1 Å². The normalized spacial score (nSPS) is 11.2. The maximum Gasteiger partial charge on any atom is 0.170 e. The Labute approximate surface area is 212 Å². The molecule has 0 aliphatic heterocycles. The Morgan fingerprint density at radius 3 is 2.39 bits per heavy atom. The number of hydrogen-bond acceptors (Lipinski definition) is 4. The molecular formula is C32H34O4. The van der Waals surface area contributed by atoms with Gasteiger partial charge in [-0.05, 0) is 45.7 Å². The summed E-state index contributed by atoms with van der Waals surface area (Å²) in [5.74, 6) is 0.303. The summed E-state index contributed by atoms with van der Waals surface area (Å²) in [4.78, 5) is 25.2. The Kier molecular flexibility index (Phi) is 8.37. The van der Waals surface area contributed by atoms with Gasteiger partial charge in [-0.1, -0.05) is 87.2 Å². The number of benzene rings is 4. The molecule has 1 N–H and O–H groups in total. The Morgan fingerprint density at radius 2 is 1.61 bits per heavy atom. The lowest BCUT2D eigenvalue weighted by molar-refractivity contribution is -0.118. The van der Waals surface area contributed by atoms with E-state index in [1.165, 1.54) is 25.3 Å². The van der Waals surface area contributed by atoms with Crippen LogP contribution in [0.5, 0.6) is 11.5 Å². The molecule has 0 unspecified atom stereocenters. The van der Waals surface area contributed by atoms with E-state index in [0.717, 1.165) is 46.5 Å². The standard InChI is InChI=1S/C32H34O4/c1-3-4-5-6-7-12-27(33)21-30(34)25-15-16-28-26(19-25)20-31(36-2)32(35)29(28)18-22-13-14-23-10-8-9-11-24(23)17-22/h8-11,13-17,19-20,35H,3-7,12,18,21H2,1-2H3. The second-order valence-electron chi connectivity index (χ2n) is 9.50. The Bertz CT molecular complexity index is 1390. The smallest absolute Gasteiger partial charge is 0.170 e.